The lowest BCUT2D eigenvalue weighted by molar-refractivity contribution is -0.113. The lowest BCUT2D eigenvalue weighted by Gasteiger charge is -2.36. The number of halogens is 1. The number of carbonyl (C=O) groups is 2. The van der Waals surface area contributed by atoms with Crippen LogP contribution in [0.1, 0.15) is 50.4 Å². The molecular formula is C19H26ClNO3. The Kier molecular flexibility index (Phi) is 6.67. The van der Waals surface area contributed by atoms with Crippen molar-refractivity contribution in [1.82, 2.24) is 0 Å². The molecule has 3 unspecified atom stereocenters. The number of nitrogens with one attached hydrogen (secondary N) is 1. The third-order valence-electron chi connectivity index (χ3n) is 4.76. The summed E-state index contributed by atoms with van der Waals surface area (Å²) in [5.74, 6) is 0.535. The third-order valence-corrected chi connectivity index (χ3v) is 5.00. The first kappa shape index (κ1) is 18.8. The largest absolute Gasteiger partial charge is 0.458 e. The molecule has 24 heavy (non-hydrogen) atoms. The van der Waals surface area contributed by atoms with Crippen molar-refractivity contribution in [2.45, 2.75) is 46.1 Å². The monoisotopic (exact) mass is 351 g/mol. The molecule has 1 aliphatic carbocycles. The molecular weight excluding hydrogens is 326 g/mol. The summed E-state index contributed by atoms with van der Waals surface area (Å²) >= 11 is 5.53. The van der Waals surface area contributed by atoms with E-state index >= 15 is 0 Å². The van der Waals surface area contributed by atoms with Crippen LogP contribution in [-0.2, 0) is 9.53 Å². The maximum absolute atomic E-state index is 12.7. The molecule has 0 radical (unpaired) electrons. The molecule has 132 valence electrons. The molecule has 0 heterocycles. The number of para-hydroxylation sites is 1. The predicted octanol–water partition coefficient (Wildman–Crippen LogP) is 4.48. The summed E-state index contributed by atoms with van der Waals surface area (Å²) in [5, 5.41) is 2.65. The van der Waals surface area contributed by atoms with E-state index in [9.17, 15) is 9.59 Å². The maximum Gasteiger partial charge on any atom is 0.340 e. The Hall–Kier alpha value is -1.55. The highest BCUT2D eigenvalue weighted by atomic mass is 35.5. The topological polar surface area (TPSA) is 55.4 Å². The summed E-state index contributed by atoms with van der Waals surface area (Å²) in [6, 6.07) is 6.88. The summed E-state index contributed by atoms with van der Waals surface area (Å²) < 4.78 is 5.85. The molecule has 1 aromatic rings. The quantitative estimate of drug-likeness (QED) is 0.628. The first-order chi connectivity index (χ1) is 11.4. The molecule has 2 rings (SSSR count). The van der Waals surface area contributed by atoms with Crippen LogP contribution in [0.5, 0.6) is 0 Å². The summed E-state index contributed by atoms with van der Waals surface area (Å²) in [4.78, 5) is 24.2. The fourth-order valence-electron chi connectivity index (χ4n) is 3.40. The zero-order valence-electron chi connectivity index (χ0n) is 14.5. The Bertz CT molecular complexity index is 588. The van der Waals surface area contributed by atoms with E-state index in [1.807, 2.05) is 0 Å². The van der Waals surface area contributed by atoms with E-state index < -0.39 is 0 Å². The average Bonchev–Trinajstić information content (AvgIpc) is 2.54. The van der Waals surface area contributed by atoms with Gasteiger partial charge in [-0.25, -0.2) is 4.79 Å². The van der Waals surface area contributed by atoms with Gasteiger partial charge in [-0.05, 0) is 42.7 Å². The van der Waals surface area contributed by atoms with Crippen molar-refractivity contribution in [1.29, 1.82) is 0 Å². The Morgan fingerprint density at radius 1 is 1.29 bits per heavy atom. The van der Waals surface area contributed by atoms with E-state index in [1.54, 1.807) is 24.3 Å². The van der Waals surface area contributed by atoms with E-state index in [0.29, 0.717) is 29.0 Å². The van der Waals surface area contributed by atoms with Crippen LogP contribution < -0.4 is 5.32 Å². The molecule has 1 amide bonds. The Labute approximate surface area is 148 Å². The van der Waals surface area contributed by atoms with E-state index in [4.69, 9.17) is 16.3 Å². The summed E-state index contributed by atoms with van der Waals surface area (Å²) in [6.07, 6.45) is 3.09. The molecule has 0 aromatic heterocycles. The van der Waals surface area contributed by atoms with Crippen molar-refractivity contribution in [2.24, 2.45) is 17.8 Å². The molecule has 0 spiro atoms. The summed E-state index contributed by atoms with van der Waals surface area (Å²) in [5.41, 5.74) is 0.815. The molecule has 5 heteroatoms. The first-order valence-electron chi connectivity index (χ1n) is 8.58. The van der Waals surface area contributed by atoms with E-state index in [2.05, 4.69) is 26.1 Å². The normalized spacial score (nSPS) is 23.8. The van der Waals surface area contributed by atoms with Crippen molar-refractivity contribution >= 4 is 29.2 Å². The van der Waals surface area contributed by atoms with Gasteiger partial charge in [-0.2, -0.15) is 0 Å². The SMILES string of the molecule is CC1CCC(C(C)C)C(OC(=O)c2ccccc2NC(=O)CCl)C1. The predicted molar refractivity (Wildman–Crippen MR) is 96.3 cm³/mol. The van der Waals surface area contributed by atoms with Gasteiger partial charge in [-0.1, -0.05) is 39.3 Å². The lowest BCUT2D eigenvalue weighted by Crippen LogP contribution is -2.36. The molecule has 1 saturated carbocycles. The number of anilines is 1. The summed E-state index contributed by atoms with van der Waals surface area (Å²) in [6.45, 7) is 6.55. The number of alkyl halides is 1. The van der Waals surface area contributed by atoms with E-state index in [-0.39, 0.29) is 23.9 Å². The van der Waals surface area contributed by atoms with Crippen LogP contribution in [0.2, 0.25) is 0 Å². The minimum absolute atomic E-state index is 0.0713. The second-order valence-corrected chi connectivity index (χ2v) is 7.26. The number of amides is 1. The first-order valence-corrected chi connectivity index (χ1v) is 9.11. The van der Waals surface area contributed by atoms with Gasteiger partial charge in [0.25, 0.3) is 0 Å². The van der Waals surface area contributed by atoms with Crippen LogP contribution in [-0.4, -0.2) is 23.9 Å². The Morgan fingerprint density at radius 3 is 2.67 bits per heavy atom. The van der Waals surface area contributed by atoms with Crippen LogP contribution in [0, 0.1) is 17.8 Å². The highest BCUT2D eigenvalue weighted by molar-refractivity contribution is 6.29. The minimum Gasteiger partial charge on any atom is -0.458 e. The molecule has 3 atom stereocenters. The van der Waals surface area contributed by atoms with Crippen molar-refractivity contribution in [3.8, 4) is 0 Å². The van der Waals surface area contributed by atoms with Gasteiger partial charge in [-0.3, -0.25) is 4.79 Å². The average molecular weight is 352 g/mol. The third kappa shape index (κ3) is 4.73. The van der Waals surface area contributed by atoms with Crippen molar-refractivity contribution in [3.05, 3.63) is 29.8 Å². The van der Waals surface area contributed by atoms with Gasteiger partial charge in [0.15, 0.2) is 0 Å². The molecule has 1 fully saturated rings. The lowest BCUT2D eigenvalue weighted by atomic mass is 9.75. The number of hydrogen-bond donors (Lipinski definition) is 1. The van der Waals surface area contributed by atoms with Crippen molar-refractivity contribution in [3.63, 3.8) is 0 Å². The van der Waals surface area contributed by atoms with Gasteiger partial charge in [0.2, 0.25) is 5.91 Å². The van der Waals surface area contributed by atoms with Crippen LogP contribution in [0.25, 0.3) is 0 Å². The highest BCUT2D eigenvalue weighted by Crippen LogP contribution is 2.36. The van der Waals surface area contributed by atoms with Crippen LogP contribution in [0.4, 0.5) is 5.69 Å². The molecule has 1 aromatic carbocycles. The van der Waals surface area contributed by atoms with Gasteiger partial charge in [0.05, 0.1) is 11.3 Å². The maximum atomic E-state index is 12.7. The number of benzene rings is 1. The highest BCUT2D eigenvalue weighted by Gasteiger charge is 2.34. The fourth-order valence-corrected chi connectivity index (χ4v) is 3.47. The van der Waals surface area contributed by atoms with Gasteiger partial charge >= 0.3 is 5.97 Å². The van der Waals surface area contributed by atoms with Crippen molar-refractivity contribution < 1.29 is 14.3 Å². The van der Waals surface area contributed by atoms with E-state index in [0.717, 1.165) is 12.8 Å². The number of rotatable bonds is 5. The van der Waals surface area contributed by atoms with Gasteiger partial charge in [0, 0.05) is 0 Å². The molecule has 0 bridgehead atoms. The van der Waals surface area contributed by atoms with Gasteiger partial charge in [0.1, 0.15) is 12.0 Å². The Balaban J connectivity index is 2.15. The smallest absolute Gasteiger partial charge is 0.340 e. The second-order valence-electron chi connectivity index (χ2n) is 7.00. The minimum atomic E-state index is -0.384. The molecule has 1 N–H and O–H groups in total. The standard InChI is InChI=1S/C19H26ClNO3/c1-12(2)14-9-8-13(3)10-17(14)24-19(23)15-6-4-5-7-16(15)21-18(22)11-20/h4-7,12-14,17H,8-11H2,1-3H3,(H,21,22). The number of esters is 1. The van der Waals surface area contributed by atoms with Gasteiger partial charge < -0.3 is 10.1 Å². The summed E-state index contributed by atoms with van der Waals surface area (Å²) in [7, 11) is 0. The number of carbonyl (C=O) groups excluding carboxylic acids is 2. The molecule has 4 nitrogen and oxygen atoms in total. The zero-order chi connectivity index (χ0) is 17.7. The Morgan fingerprint density at radius 2 is 2.00 bits per heavy atom. The number of ether oxygens (including phenoxy) is 1. The molecule has 1 aliphatic rings. The zero-order valence-corrected chi connectivity index (χ0v) is 15.3. The van der Waals surface area contributed by atoms with Crippen LogP contribution >= 0.6 is 11.6 Å². The van der Waals surface area contributed by atoms with Crippen molar-refractivity contribution in [2.75, 3.05) is 11.2 Å². The van der Waals surface area contributed by atoms with Crippen LogP contribution in [0.15, 0.2) is 24.3 Å². The van der Waals surface area contributed by atoms with E-state index in [1.165, 1.54) is 6.42 Å². The fraction of sp³-hybridized carbons (Fsp3) is 0.579. The van der Waals surface area contributed by atoms with Crippen LogP contribution in [0.3, 0.4) is 0 Å². The van der Waals surface area contributed by atoms with Gasteiger partial charge in [-0.15, -0.1) is 11.6 Å². The second kappa shape index (κ2) is 8.52. The number of hydrogen-bond acceptors (Lipinski definition) is 3. The molecule has 0 saturated heterocycles. The molecule has 0 aliphatic heterocycles.